The number of aromatic nitrogens is 2. The van der Waals surface area contributed by atoms with E-state index in [-0.39, 0.29) is 5.56 Å². The molecule has 0 radical (unpaired) electrons. The molecule has 0 spiro atoms. The Morgan fingerprint density at radius 1 is 1.10 bits per heavy atom. The molecule has 2 nitrogen and oxygen atoms in total. The highest BCUT2D eigenvalue weighted by Gasteiger charge is 2.41. The highest BCUT2D eigenvalue weighted by atomic mass is 19.3. The van der Waals surface area contributed by atoms with E-state index in [1.807, 2.05) is 13.8 Å². The SMILES string of the molecule is CCCCCCC(CCC)C(F)(F)c1cnn(CC)c1. The van der Waals surface area contributed by atoms with Crippen molar-refractivity contribution in [2.45, 2.75) is 78.2 Å². The minimum Gasteiger partial charge on any atom is -0.273 e. The van der Waals surface area contributed by atoms with Crippen molar-refractivity contribution in [1.82, 2.24) is 9.78 Å². The predicted molar refractivity (Wildman–Crippen MR) is 79.0 cm³/mol. The maximum absolute atomic E-state index is 14.6. The Balaban J connectivity index is 2.71. The third kappa shape index (κ3) is 4.57. The monoisotopic (exact) mass is 286 g/mol. The summed E-state index contributed by atoms with van der Waals surface area (Å²) < 4.78 is 30.8. The Morgan fingerprint density at radius 2 is 1.85 bits per heavy atom. The number of nitrogens with zero attached hydrogens (tertiary/aromatic N) is 2. The maximum Gasteiger partial charge on any atom is 0.279 e. The lowest BCUT2D eigenvalue weighted by atomic mass is 9.87. The molecule has 0 aromatic carbocycles. The smallest absolute Gasteiger partial charge is 0.273 e. The highest BCUT2D eigenvalue weighted by Crippen LogP contribution is 2.41. The van der Waals surface area contributed by atoms with Gasteiger partial charge in [0.1, 0.15) is 0 Å². The Hall–Kier alpha value is -0.930. The van der Waals surface area contributed by atoms with Crippen LogP contribution in [0.15, 0.2) is 12.4 Å². The summed E-state index contributed by atoms with van der Waals surface area (Å²) in [4.78, 5) is 0. The predicted octanol–water partition coefficient (Wildman–Crippen LogP) is 5.38. The lowest BCUT2D eigenvalue weighted by molar-refractivity contribution is -0.0724. The standard InChI is InChI=1S/C16H28F2N2/c1-4-7-8-9-11-14(10-5-2)16(17,18)15-12-19-20(6-3)13-15/h12-14H,4-11H2,1-3H3. The van der Waals surface area contributed by atoms with Gasteiger partial charge >= 0.3 is 0 Å². The number of hydrogen-bond donors (Lipinski definition) is 0. The van der Waals surface area contributed by atoms with Crippen LogP contribution < -0.4 is 0 Å². The number of halogens is 2. The minimum absolute atomic E-state index is 0.0771. The van der Waals surface area contributed by atoms with Crippen LogP contribution in [-0.2, 0) is 12.5 Å². The molecule has 0 aliphatic heterocycles. The van der Waals surface area contributed by atoms with Crippen LogP contribution in [0, 0.1) is 5.92 Å². The fourth-order valence-electron chi connectivity index (χ4n) is 2.62. The van der Waals surface area contributed by atoms with E-state index < -0.39 is 11.8 Å². The van der Waals surface area contributed by atoms with Crippen molar-refractivity contribution < 1.29 is 8.78 Å². The first-order chi connectivity index (χ1) is 9.56. The number of alkyl halides is 2. The fourth-order valence-corrected chi connectivity index (χ4v) is 2.62. The topological polar surface area (TPSA) is 17.8 Å². The lowest BCUT2D eigenvalue weighted by Crippen LogP contribution is -2.25. The Labute approximate surface area is 121 Å². The van der Waals surface area contributed by atoms with E-state index in [1.165, 1.54) is 12.4 Å². The van der Waals surface area contributed by atoms with Gasteiger partial charge < -0.3 is 0 Å². The highest BCUT2D eigenvalue weighted by molar-refractivity contribution is 5.13. The van der Waals surface area contributed by atoms with Crippen molar-refractivity contribution in [2.75, 3.05) is 0 Å². The molecule has 116 valence electrons. The van der Waals surface area contributed by atoms with Gasteiger partial charge in [-0.25, -0.2) is 8.78 Å². The number of rotatable bonds is 10. The Bertz CT molecular complexity index is 374. The van der Waals surface area contributed by atoms with Crippen molar-refractivity contribution in [3.63, 3.8) is 0 Å². The normalized spacial score (nSPS) is 13.7. The molecule has 0 fully saturated rings. The first kappa shape index (κ1) is 17.1. The summed E-state index contributed by atoms with van der Waals surface area (Å²) in [7, 11) is 0. The molecule has 1 aromatic rings. The average Bonchev–Trinajstić information content (AvgIpc) is 2.91. The summed E-state index contributed by atoms with van der Waals surface area (Å²) in [6, 6.07) is 0. The molecule has 0 saturated heterocycles. The third-order valence-corrected chi connectivity index (χ3v) is 3.90. The van der Waals surface area contributed by atoms with E-state index in [0.29, 0.717) is 19.4 Å². The van der Waals surface area contributed by atoms with Crippen LogP contribution in [0.2, 0.25) is 0 Å². The zero-order chi connectivity index (χ0) is 15.0. The van der Waals surface area contributed by atoms with Gasteiger partial charge in [-0.3, -0.25) is 4.68 Å². The molecular weight excluding hydrogens is 258 g/mol. The second-order valence-corrected chi connectivity index (χ2v) is 5.54. The molecule has 0 bridgehead atoms. The molecule has 4 heteroatoms. The second-order valence-electron chi connectivity index (χ2n) is 5.54. The maximum atomic E-state index is 14.6. The largest absolute Gasteiger partial charge is 0.279 e. The van der Waals surface area contributed by atoms with Gasteiger partial charge in [0.2, 0.25) is 0 Å². The molecule has 0 aliphatic rings. The van der Waals surface area contributed by atoms with E-state index in [9.17, 15) is 8.78 Å². The molecule has 0 amide bonds. The van der Waals surface area contributed by atoms with Gasteiger partial charge in [-0.2, -0.15) is 5.10 Å². The summed E-state index contributed by atoms with van der Waals surface area (Å²) in [5, 5.41) is 3.99. The van der Waals surface area contributed by atoms with E-state index >= 15 is 0 Å². The van der Waals surface area contributed by atoms with Crippen LogP contribution in [0.3, 0.4) is 0 Å². The van der Waals surface area contributed by atoms with Gasteiger partial charge in [-0.05, 0) is 19.8 Å². The first-order valence-corrected chi connectivity index (χ1v) is 7.96. The summed E-state index contributed by atoms with van der Waals surface area (Å²) in [5.41, 5.74) is 0.0771. The third-order valence-electron chi connectivity index (χ3n) is 3.90. The molecule has 1 unspecified atom stereocenters. The fraction of sp³-hybridized carbons (Fsp3) is 0.812. The molecule has 1 rings (SSSR count). The van der Waals surface area contributed by atoms with Gasteiger partial charge in [-0.1, -0.05) is 46.0 Å². The van der Waals surface area contributed by atoms with Crippen LogP contribution >= 0.6 is 0 Å². The van der Waals surface area contributed by atoms with Gasteiger partial charge in [0.05, 0.1) is 11.8 Å². The number of aryl methyl sites for hydroxylation is 1. The molecule has 1 aromatic heterocycles. The summed E-state index contributed by atoms with van der Waals surface area (Å²) in [5.74, 6) is -3.31. The van der Waals surface area contributed by atoms with Crippen LogP contribution in [0.1, 0.15) is 71.3 Å². The first-order valence-electron chi connectivity index (χ1n) is 7.96. The zero-order valence-corrected chi connectivity index (χ0v) is 13.0. The van der Waals surface area contributed by atoms with E-state index in [4.69, 9.17) is 0 Å². The molecular formula is C16H28F2N2. The van der Waals surface area contributed by atoms with Crippen molar-refractivity contribution in [3.05, 3.63) is 18.0 Å². The van der Waals surface area contributed by atoms with Gasteiger partial charge in [-0.15, -0.1) is 0 Å². The molecule has 0 N–H and O–H groups in total. The van der Waals surface area contributed by atoms with E-state index in [1.54, 1.807) is 4.68 Å². The van der Waals surface area contributed by atoms with Crippen molar-refractivity contribution in [2.24, 2.45) is 5.92 Å². The summed E-state index contributed by atoms with van der Waals surface area (Å²) in [6.07, 6.45) is 9.05. The van der Waals surface area contributed by atoms with Crippen LogP contribution in [0.4, 0.5) is 8.78 Å². The van der Waals surface area contributed by atoms with Crippen LogP contribution in [-0.4, -0.2) is 9.78 Å². The molecule has 0 saturated carbocycles. The van der Waals surface area contributed by atoms with Crippen molar-refractivity contribution >= 4 is 0 Å². The molecule has 1 heterocycles. The summed E-state index contributed by atoms with van der Waals surface area (Å²) >= 11 is 0. The van der Waals surface area contributed by atoms with Gasteiger partial charge in [0.25, 0.3) is 5.92 Å². The lowest BCUT2D eigenvalue weighted by Gasteiger charge is -2.26. The zero-order valence-electron chi connectivity index (χ0n) is 13.0. The van der Waals surface area contributed by atoms with Crippen molar-refractivity contribution in [1.29, 1.82) is 0 Å². The quantitative estimate of drug-likeness (QED) is 0.528. The Kier molecular flexibility index (Phi) is 7.17. The van der Waals surface area contributed by atoms with Crippen molar-refractivity contribution in [3.8, 4) is 0 Å². The molecule has 20 heavy (non-hydrogen) atoms. The van der Waals surface area contributed by atoms with Gasteiger partial charge in [0, 0.05) is 18.7 Å². The van der Waals surface area contributed by atoms with E-state index in [0.717, 1.165) is 32.1 Å². The minimum atomic E-state index is -2.75. The van der Waals surface area contributed by atoms with Gasteiger partial charge in [0.15, 0.2) is 0 Å². The Morgan fingerprint density at radius 3 is 2.40 bits per heavy atom. The van der Waals surface area contributed by atoms with Crippen LogP contribution in [0.5, 0.6) is 0 Å². The average molecular weight is 286 g/mol. The van der Waals surface area contributed by atoms with Crippen LogP contribution in [0.25, 0.3) is 0 Å². The second kappa shape index (κ2) is 8.38. The van der Waals surface area contributed by atoms with E-state index in [2.05, 4.69) is 12.0 Å². The molecule has 1 atom stereocenters. The summed E-state index contributed by atoms with van der Waals surface area (Å²) in [6.45, 7) is 6.65. The number of hydrogen-bond acceptors (Lipinski definition) is 1. The molecule has 0 aliphatic carbocycles. The number of unbranched alkanes of at least 4 members (excludes halogenated alkanes) is 3.